The Morgan fingerprint density at radius 3 is 2.48 bits per heavy atom. The molecule has 1 unspecified atom stereocenters. The number of carbonyl (C=O) groups excluding carboxylic acids is 2. The van der Waals surface area contributed by atoms with Gasteiger partial charge in [0, 0.05) is 30.6 Å². The third kappa shape index (κ3) is 4.37. The second-order valence-corrected chi connectivity index (χ2v) is 7.22. The minimum absolute atomic E-state index is 0.0464. The molecule has 6 nitrogen and oxygen atoms in total. The van der Waals surface area contributed by atoms with Crippen molar-refractivity contribution < 1.29 is 18.8 Å². The summed E-state index contributed by atoms with van der Waals surface area (Å²) in [5.74, 6) is 1.65. The fourth-order valence-corrected chi connectivity index (χ4v) is 3.55. The molecule has 4 rings (SSSR count). The number of Topliss-reactive ketones (excluding diaryl/α,β-unsaturated/α-hetero) is 1. The van der Waals surface area contributed by atoms with Gasteiger partial charge in [-0.25, -0.2) is 0 Å². The molecule has 0 N–H and O–H groups in total. The van der Waals surface area contributed by atoms with Gasteiger partial charge in [0.25, 0.3) is 5.91 Å². The Labute approximate surface area is 169 Å². The standard InChI is InChI=1S/C23H22N2O4/c1-16-14-21(24-29-16)23(27)25-13-5-6-18(15-25)22(26)17-9-11-20(12-10-17)28-19-7-3-2-4-8-19/h2-4,7-12,14,18H,5-6,13,15H2,1H3. The molecule has 1 amide bonds. The molecule has 1 saturated heterocycles. The molecule has 2 aromatic carbocycles. The summed E-state index contributed by atoms with van der Waals surface area (Å²) in [5, 5.41) is 3.80. The smallest absolute Gasteiger partial charge is 0.276 e. The molecule has 148 valence electrons. The number of piperidine rings is 1. The minimum atomic E-state index is -0.221. The van der Waals surface area contributed by atoms with Gasteiger partial charge in [-0.2, -0.15) is 0 Å². The van der Waals surface area contributed by atoms with Crippen LogP contribution in [0.25, 0.3) is 0 Å². The zero-order valence-corrected chi connectivity index (χ0v) is 16.2. The van der Waals surface area contributed by atoms with Crippen molar-refractivity contribution in [3.63, 3.8) is 0 Å². The van der Waals surface area contributed by atoms with E-state index in [0.717, 1.165) is 18.6 Å². The molecule has 1 aromatic heterocycles. The van der Waals surface area contributed by atoms with E-state index in [4.69, 9.17) is 9.26 Å². The summed E-state index contributed by atoms with van der Waals surface area (Å²) in [4.78, 5) is 27.3. The van der Waals surface area contributed by atoms with Gasteiger partial charge in [0.1, 0.15) is 17.3 Å². The van der Waals surface area contributed by atoms with Crippen LogP contribution in [-0.2, 0) is 0 Å². The van der Waals surface area contributed by atoms with Crippen LogP contribution in [0.5, 0.6) is 11.5 Å². The van der Waals surface area contributed by atoms with E-state index < -0.39 is 0 Å². The van der Waals surface area contributed by atoms with Crippen LogP contribution in [0.1, 0.15) is 39.4 Å². The van der Waals surface area contributed by atoms with Gasteiger partial charge in [0.05, 0.1) is 0 Å². The highest BCUT2D eigenvalue weighted by atomic mass is 16.5. The monoisotopic (exact) mass is 390 g/mol. The van der Waals surface area contributed by atoms with Gasteiger partial charge in [0.2, 0.25) is 0 Å². The van der Waals surface area contributed by atoms with E-state index in [1.54, 1.807) is 42.2 Å². The number of likely N-dealkylation sites (tertiary alicyclic amines) is 1. The SMILES string of the molecule is Cc1cc(C(=O)N2CCCC(C(=O)c3ccc(Oc4ccccc4)cc3)C2)no1. The lowest BCUT2D eigenvalue weighted by atomic mass is 9.90. The molecular weight excluding hydrogens is 368 g/mol. The summed E-state index contributed by atoms with van der Waals surface area (Å²) in [6, 6.07) is 18.3. The number of ketones is 1. The number of hydrogen-bond donors (Lipinski definition) is 0. The third-order valence-corrected chi connectivity index (χ3v) is 5.04. The number of amides is 1. The Kier molecular flexibility index (Phi) is 5.42. The number of nitrogens with zero attached hydrogens (tertiary/aromatic N) is 2. The highest BCUT2D eigenvalue weighted by molar-refractivity contribution is 5.99. The average Bonchev–Trinajstić information content (AvgIpc) is 3.20. The minimum Gasteiger partial charge on any atom is -0.457 e. The fraction of sp³-hybridized carbons (Fsp3) is 0.261. The Bertz CT molecular complexity index is 995. The first-order chi connectivity index (χ1) is 14.1. The first kappa shape index (κ1) is 18.9. The van der Waals surface area contributed by atoms with Gasteiger partial charge in [0.15, 0.2) is 11.5 Å². The van der Waals surface area contributed by atoms with Crippen LogP contribution in [0.15, 0.2) is 65.2 Å². The molecule has 0 bridgehead atoms. The first-order valence-corrected chi connectivity index (χ1v) is 9.70. The van der Waals surface area contributed by atoms with Crippen LogP contribution in [0, 0.1) is 12.8 Å². The first-order valence-electron chi connectivity index (χ1n) is 9.70. The number of ether oxygens (including phenoxy) is 1. The summed E-state index contributed by atoms with van der Waals surface area (Å²) in [5.41, 5.74) is 0.917. The molecule has 0 saturated carbocycles. The Balaban J connectivity index is 1.41. The number of para-hydroxylation sites is 1. The largest absolute Gasteiger partial charge is 0.457 e. The maximum Gasteiger partial charge on any atom is 0.276 e. The molecule has 6 heteroatoms. The molecule has 0 aliphatic carbocycles. The molecule has 1 atom stereocenters. The van der Waals surface area contributed by atoms with Crippen LogP contribution in [0.2, 0.25) is 0 Å². The highest BCUT2D eigenvalue weighted by Gasteiger charge is 2.30. The lowest BCUT2D eigenvalue weighted by molar-refractivity contribution is 0.0628. The highest BCUT2D eigenvalue weighted by Crippen LogP contribution is 2.25. The number of rotatable bonds is 5. The van der Waals surface area contributed by atoms with E-state index in [0.29, 0.717) is 30.2 Å². The van der Waals surface area contributed by atoms with Crippen LogP contribution >= 0.6 is 0 Å². The summed E-state index contributed by atoms with van der Waals surface area (Å²) in [7, 11) is 0. The zero-order chi connectivity index (χ0) is 20.2. The maximum atomic E-state index is 13.0. The molecule has 3 aromatic rings. The van der Waals surface area contributed by atoms with Gasteiger partial charge < -0.3 is 14.2 Å². The summed E-state index contributed by atoms with van der Waals surface area (Å²) >= 11 is 0. The number of benzene rings is 2. The van der Waals surface area contributed by atoms with Crippen LogP contribution in [-0.4, -0.2) is 34.8 Å². The molecular formula is C23H22N2O4. The summed E-state index contributed by atoms with van der Waals surface area (Å²) < 4.78 is 10.8. The zero-order valence-electron chi connectivity index (χ0n) is 16.2. The second-order valence-electron chi connectivity index (χ2n) is 7.22. The van der Waals surface area contributed by atoms with E-state index in [9.17, 15) is 9.59 Å². The van der Waals surface area contributed by atoms with Crippen LogP contribution in [0.3, 0.4) is 0 Å². The van der Waals surface area contributed by atoms with Gasteiger partial charge in [-0.3, -0.25) is 9.59 Å². The van der Waals surface area contributed by atoms with Crippen molar-refractivity contribution in [2.45, 2.75) is 19.8 Å². The molecule has 2 heterocycles. The Morgan fingerprint density at radius 1 is 1.07 bits per heavy atom. The lowest BCUT2D eigenvalue weighted by Gasteiger charge is -2.31. The van der Waals surface area contributed by atoms with E-state index >= 15 is 0 Å². The van der Waals surface area contributed by atoms with Gasteiger partial charge in [-0.15, -0.1) is 0 Å². The number of carbonyl (C=O) groups is 2. The van der Waals surface area contributed by atoms with E-state index in [1.807, 2.05) is 30.3 Å². The van der Waals surface area contributed by atoms with E-state index in [-0.39, 0.29) is 23.3 Å². The topological polar surface area (TPSA) is 72.6 Å². The molecule has 0 radical (unpaired) electrons. The molecule has 29 heavy (non-hydrogen) atoms. The van der Waals surface area contributed by atoms with Crippen molar-refractivity contribution in [1.29, 1.82) is 0 Å². The lowest BCUT2D eigenvalue weighted by Crippen LogP contribution is -2.42. The number of aromatic nitrogens is 1. The van der Waals surface area contributed by atoms with Gasteiger partial charge >= 0.3 is 0 Å². The van der Waals surface area contributed by atoms with E-state index in [2.05, 4.69) is 5.16 Å². The summed E-state index contributed by atoms with van der Waals surface area (Å²) in [6.07, 6.45) is 1.55. The number of aryl methyl sites for hydroxylation is 1. The van der Waals surface area contributed by atoms with Crippen molar-refractivity contribution in [2.75, 3.05) is 13.1 Å². The fourth-order valence-electron chi connectivity index (χ4n) is 3.55. The predicted octanol–water partition coefficient (Wildman–Crippen LogP) is 4.51. The molecule has 1 fully saturated rings. The van der Waals surface area contributed by atoms with Gasteiger partial charge in [-0.05, 0) is 56.2 Å². The second kappa shape index (κ2) is 8.31. The van der Waals surface area contributed by atoms with Crippen molar-refractivity contribution >= 4 is 11.7 Å². The Hall–Kier alpha value is -3.41. The van der Waals surface area contributed by atoms with Crippen LogP contribution < -0.4 is 4.74 Å². The molecule has 1 aliphatic heterocycles. The molecule has 0 spiro atoms. The van der Waals surface area contributed by atoms with Crippen molar-refractivity contribution in [2.24, 2.45) is 5.92 Å². The van der Waals surface area contributed by atoms with Crippen molar-refractivity contribution in [1.82, 2.24) is 10.1 Å². The van der Waals surface area contributed by atoms with Crippen molar-refractivity contribution in [3.05, 3.63) is 77.7 Å². The quantitative estimate of drug-likeness (QED) is 0.599. The average molecular weight is 390 g/mol. The van der Waals surface area contributed by atoms with Crippen molar-refractivity contribution in [3.8, 4) is 11.5 Å². The predicted molar refractivity (Wildman–Crippen MR) is 107 cm³/mol. The third-order valence-electron chi connectivity index (χ3n) is 5.04. The summed E-state index contributed by atoms with van der Waals surface area (Å²) in [6.45, 7) is 2.77. The molecule has 1 aliphatic rings. The number of hydrogen-bond acceptors (Lipinski definition) is 5. The van der Waals surface area contributed by atoms with Crippen LogP contribution in [0.4, 0.5) is 0 Å². The van der Waals surface area contributed by atoms with Gasteiger partial charge in [-0.1, -0.05) is 23.4 Å². The maximum absolute atomic E-state index is 13.0. The normalized spacial score (nSPS) is 16.4. The van der Waals surface area contributed by atoms with E-state index in [1.165, 1.54) is 0 Å². The Morgan fingerprint density at radius 2 is 1.79 bits per heavy atom.